The Bertz CT molecular complexity index is 992. The second-order valence-corrected chi connectivity index (χ2v) is 8.59. The van der Waals surface area contributed by atoms with Crippen LogP contribution in [0.15, 0.2) is 27.7 Å². The Kier molecular flexibility index (Phi) is 8.82. The van der Waals surface area contributed by atoms with Gasteiger partial charge in [0.15, 0.2) is 0 Å². The van der Waals surface area contributed by atoms with E-state index in [4.69, 9.17) is 19.1 Å². The van der Waals surface area contributed by atoms with Gasteiger partial charge in [0.2, 0.25) is 0 Å². The number of nitrogens with zero attached hydrogens (tertiary/aromatic N) is 3. The number of rotatable bonds is 5. The molecule has 2 aromatic heterocycles. The number of piperidine rings is 1. The number of likely N-dealkylation sites (tertiary alicyclic amines) is 1. The van der Waals surface area contributed by atoms with Crippen LogP contribution in [0.5, 0.6) is 0 Å². The second kappa shape index (κ2) is 11.8. The van der Waals surface area contributed by atoms with Gasteiger partial charge in [0.1, 0.15) is 17.1 Å². The molecule has 1 N–H and O–H groups in total. The monoisotopic (exact) mass is 459 g/mol. The van der Waals surface area contributed by atoms with Crippen molar-refractivity contribution >= 4 is 12.4 Å². The quantitative estimate of drug-likeness (QED) is 0.683. The minimum absolute atomic E-state index is 0.127. The van der Waals surface area contributed by atoms with Gasteiger partial charge in [0, 0.05) is 50.7 Å². The summed E-state index contributed by atoms with van der Waals surface area (Å²) in [6.07, 6.45) is 9.35. The highest BCUT2D eigenvalue weighted by Crippen LogP contribution is 2.28. The molecule has 0 aliphatic carbocycles. The van der Waals surface area contributed by atoms with E-state index in [1.807, 2.05) is 31.0 Å². The number of ether oxygens (including phenoxy) is 1. The van der Waals surface area contributed by atoms with Crippen molar-refractivity contribution < 1.29 is 23.8 Å². The molecule has 2 aromatic rings. The molecule has 4 rings (SSSR count). The van der Waals surface area contributed by atoms with Crippen LogP contribution >= 0.6 is 0 Å². The summed E-state index contributed by atoms with van der Waals surface area (Å²) in [5, 5.41) is 6.89. The van der Waals surface area contributed by atoms with Crippen LogP contribution in [0.1, 0.15) is 71.9 Å². The highest BCUT2D eigenvalue weighted by Gasteiger charge is 2.31. The largest absolute Gasteiger partial charge is 0.483 e. The summed E-state index contributed by atoms with van der Waals surface area (Å²) in [6.45, 7) is 6.45. The Balaban J connectivity index is 0.000000968. The third kappa shape index (κ3) is 6.10. The van der Waals surface area contributed by atoms with Crippen LogP contribution in [0.2, 0.25) is 0 Å². The van der Waals surface area contributed by atoms with Crippen LogP contribution in [-0.4, -0.2) is 57.7 Å². The lowest BCUT2D eigenvalue weighted by atomic mass is 9.94. The predicted molar refractivity (Wildman–Crippen MR) is 121 cm³/mol. The average molecular weight is 460 g/mol. The molecule has 2 saturated heterocycles. The molecule has 0 aromatic carbocycles. The molecule has 0 bridgehead atoms. The smallest absolute Gasteiger partial charge is 0.349 e. The molecule has 1 amide bonds. The maximum absolute atomic E-state index is 13.4. The number of aromatic nitrogens is 2. The fourth-order valence-corrected chi connectivity index (χ4v) is 4.71. The first-order valence-corrected chi connectivity index (χ1v) is 11.5. The fraction of sp³-hybridized carbons (Fsp3) is 0.583. The van der Waals surface area contributed by atoms with E-state index in [9.17, 15) is 9.59 Å². The van der Waals surface area contributed by atoms with Gasteiger partial charge in [0.05, 0.1) is 0 Å². The summed E-state index contributed by atoms with van der Waals surface area (Å²) < 4.78 is 13.2. The zero-order valence-electron chi connectivity index (χ0n) is 19.4. The van der Waals surface area contributed by atoms with Gasteiger partial charge in [-0.2, -0.15) is 0 Å². The molecule has 1 unspecified atom stereocenters. The number of carboxylic acid groups (broad SMARTS) is 1. The second-order valence-electron chi connectivity index (χ2n) is 8.59. The molecule has 9 heteroatoms. The predicted octanol–water partition coefficient (Wildman–Crippen LogP) is 3.13. The average Bonchev–Trinajstić information content (AvgIpc) is 3.23. The Morgan fingerprint density at radius 1 is 1.24 bits per heavy atom. The molecule has 180 valence electrons. The first kappa shape index (κ1) is 24.7. The summed E-state index contributed by atoms with van der Waals surface area (Å²) in [7, 11) is 0. The van der Waals surface area contributed by atoms with Crippen LogP contribution < -0.4 is 5.63 Å². The fourth-order valence-electron chi connectivity index (χ4n) is 4.71. The van der Waals surface area contributed by atoms with E-state index in [1.165, 1.54) is 0 Å². The lowest BCUT2D eigenvalue weighted by Gasteiger charge is -2.36. The number of amides is 1. The van der Waals surface area contributed by atoms with E-state index in [1.54, 1.807) is 6.20 Å². The molecule has 2 aliphatic heterocycles. The highest BCUT2D eigenvalue weighted by molar-refractivity contribution is 5.95. The van der Waals surface area contributed by atoms with E-state index in [-0.39, 0.29) is 29.9 Å². The van der Waals surface area contributed by atoms with Gasteiger partial charge in [0.25, 0.3) is 12.4 Å². The van der Waals surface area contributed by atoms with Crippen LogP contribution in [0.3, 0.4) is 0 Å². The molecule has 33 heavy (non-hydrogen) atoms. The number of carbonyl (C=O) groups is 2. The molecular formula is C24H33N3O6. The van der Waals surface area contributed by atoms with Crippen LogP contribution in [0, 0.1) is 13.8 Å². The van der Waals surface area contributed by atoms with Gasteiger partial charge >= 0.3 is 5.63 Å². The Labute approximate surface area is 193 Å². The van der Waals surface area contributed by atoms with Crippen LogP contribution in [0.25, 0.3) is 0 Å². The first-order chi connectivity index (χ1) is 16.0. The Morgan fingerprint density at radius 2 is 1.97 bits per heavy atom. The molecule has 0 saturated carbocycles. The van der Waals surface area contributed by atoms with Gasteiger partial charge in [-0.05, 0) is 64.0 Å². The SMILES string of the molecule is Cc1cc(C2CCOCC2)oc(=O)c1C(=O)N1CCCCC1CCn1ccnc1C.O=CO. The van der Waals surface area contributed by atoms with Crippen molar-refractivity contribution in [3.05, 3.63) is 51.6 Å². The third-order valence-electron chi connectivity index (χ3n) is 6.52. The summed E-state index contributed by atoms with van der Waals surface area (Å²) in [5.74, 6) is 1.66. The lowest BCUT2D eigenvalue weighted by molar-refractivity contribution is -0.122. The number of hydrogen-bond donors (Lipinski definition) is 1. The van der Waals surface area contributed by atoms with E-state index in [2.05, 4.69) is 9.55 Å². The van der Waals surface area contributed by atoms with Crippen LogP contribution in [0.4, 0.5) is 0 Å². The summed E-state index contributed by atoms with van der Waals surface area (Å²) >= 11 is 0. The first-order valence-electron chi connectivity index (χ1n) is 11.5. The van der Waals surface area contributed by atoms with Gasteiger partial charge in [-0.3, -0.25) is 9.59 Å². The van der Waals surface area contributed by atoms with Crippen LogP contribution in [-0.2, 0) is 16.1 Å². The van der Waals surface area contributed by atoms with E-state index < -0.39 is 5.63 Å². The highest BCUT2D eigenvalue weighted by atomic mass is 16.5. The van der Waals surface area contributed by atoms with E-state index in [0.29, 0.717) is 31.1 Å². The van der Waals surface area contributed by atoms with Gasteiger partial charge < -0.3 is 23.7 Å². The maximum Gasteiger partial charge on any atom is 0.349 e. The van der Waals surface area contributed by atoms with Crippen molar-refractivity contribution in [3.8, 4) is 0 Å². The summed E-state index contributed by atoms with van der Waals surface area (Å²) in [4.78, 5) is 40.7. The van der Waals surface area contributed by atoms with Crippen molar-refractivity contribution in [1.82, 2.24) is 14.5 Å². The maximum atomic E-state index is 13.4. The topological polar surface area (TPSA) is 115 Å². The molecule has 2 fully saturated rings. The number of hydrogen-bond acceptors (Lipinski definition) is 6. The zero-order chi connectivity index (χ0) is 23.8. The molecule has 4 heterocycles. The number of aryl methyl sites for hydroxylation is 3. The van der Waals surface area contributed by atoms with Gasteiger partial charge in [-0.15, -0.1) is 0 Å². The van der Waals surface area contributed by atoms with E-state index >= 15 is 0 Å². The van der Waals surface area contributed by atoms with Crippen molar-refractivity contribution in [2.75, 3.05) is 19.8 Å². The van der Waals surface area contributed by atoms with Crippen molar-refractivity contribution in [2.24, 2.45) is 0 Å². The Hall–Kier alpha value is -2.94. The van der Waals surface area contributed by atoms with Gasteiger partial charge in [-0.25, -0.2) is 9.78 Å². The van der Waals surface area contributed by atoms with E-state index in [0.717, 1.165) is 50.9 Å². The summed E-state index contributed by atoms with van der Waals surface area (Å²) in [5.41, 5.74) is 0.403. The molecular weight excluding hydrogens is 426 g/mol. The standard InChI is InChI=1S/C23H31N3O4.CH2O2/c1-16-15-20(18-7-13-29-14-8-18)30-23(28)21(16)22(27)26-10-4-3-5-19(26)6-11-25-12-9-24-17(25)2;2-1-3/h9,12,15,18-19H,3-8,10-11,13-14H2,1-2H3;1H,(H,2,3). The zero-order valence-corrected chi connectivity index (χ0v) is 19.4. The molecule has 0 radical (unpaired) electrons. The minimum Gasteiger partial charge on any atom is -0.483 e. The molecule has 2 aliphatic rings. The lowest BCUT2D eigenvalue weighted by Crippen LogP contribution is -2.45. The molecule has 1 atom stereocenters. The Morgan fingerprint density at radius 3 is 2.61 bits per heavy atom. The third-order valence-corrected chi connectivity index (χ3v) is 6.52. The van der Waals surface area contributed by atoms with Crippen molar-refractivity contribution in [3.63, 3.8) is 0 Å². The minimum atomic E-state index is -0.503. The number of carbonyl (C=O) groups excluding carboxylic acids is 1. The van der Waals surface area contributed by atoms with Crippen molar-refractivity contribution in [2.45, 2.75) is 70.9 Å². The molecule has 0 spiro atoms. The number of imidazole rings is 1. The molecule has 9 nitrogen and oxygen atoms in total. The normalized spacial score (nSPS) is 19.0. The summed E-state index contributed by atoms with van der Waals surface area (Å²) in [6, 6.07) is 2.01. The van der Waals surface area contributed by atoms with Gasteiger partial charge in [-0.1, -0.05) is 0 Å². The van der Waals surface area contributed by atoms with Crippen molar-refractivity contribution in [1.29, 1.82) is 0 Å².